The molecule has 0 bridgehead atoms. The average molecular weight is 526 g/mol. The fraction of sp³-hybridized carbons (Fsp3) is 0.308. The van der Waals surface area contributed by atoms with Crippen LogP contribution in [-0.4, -0.2) is 41.4 Å². The van der Waals surface area contributed by atoms with E-state index in [1.807, 2.05) is 26.0 Å². The van der Waals surface area contributed by atoms with Crippen molar-refractivity contribution in [1.82, 2.24) is 9.69 Å². The van der Waals surface area contributed by atoms with Gasteiger partial charge in [0.2, 0.25) is 5.91 Å². The molecule has 0 saturated carbocycles. The van der Waals surface area contributed by atoms with E-state index in [0.717, 1.165) is 35.5 Å². The molecule has 2 atom stereocenters. The van der Waals surface area contributed by atoms with Crippen LogP contribution in [0.4, 0.5) is 15.8 Å². The van der Waals surface area contributed by atoms with Crippen LogP contribution in [0.2, 0.25) is 0 Å². The Morgan fingerprint density at radius 1 is 1.22 bits per heavy atom. The van der Waals surface area contributed by atoms with Crippen LogP contribution in [0.5, 0.6) is 0 Å². The van der Waals surface area contributed by atoms with Gasteiger partial charge in [-0.25, -0.2) is 4.39 Å². The first-order valence-corrected chi connectivity index (χ1v) is 12.5. The lowest BCUT2D eigenvalue weighted by molar-refractivity contribution is -0.123. The molecule has 2 heterocycles. The first-order valence-electron chi connectivity index (χ1n) is 11.8. The average Bonchev–Trinajstić information content (AvgIpc) is 3.53. The molecule has 3 amide bonds. The summed E-state index contributed by atoms with van der Waals surface area (Å²) in [7, 11) is 0. The van der Waals surface area contributed by atoms with Crippen molar-refractivity contribution in [2.24, 2.45) is 5.73 Å². The highest BCUT2D eigenvalue weighted by Crippen LogP contribution is 2.35. The fourth-order valence-electron chi connectivity index (χ4n) is 4.26. The molecular formula is C26H28FN5O4S. The molecule has 11 heteroatoms. The molecule has 37 heavy (non-hydrogen) atoms. The van der Waals surface area contributed by atoms with Crippen molar-refractivity contribution in [3.05, 3.63) is 75.5 Å². The minimum Gasteiger partial charge on any atom is -0.395 e. The quantitative estimate of drug-likeness (QED) is 0.412. The Balaban J connectivity index is 1.84. The SMILES string of the molecule is Cc1ccc(C)c(N(C(=O)c2snc(C(N)=O)c2N)[C@@H](C(=O)NC[C@@H]2CCCO2)c2ccc(F)cc2)c1. The van der Waals surface area contributed by atoms with Gasteiger partial charge in [0.25, 0.3) is 11.8 Å². The summed E-state index contributed by atoms with van der Waals surface area (Å²) in [5.41, 5.74) is 13.5. The second-order valence-electron chi connectivity index (χ2n) is 8.94. The number of primary amides is 1. The number of nitrogens with one attached hydrogen (secondary N) is 1. The monoisotopic (exact) mass is 525 g/mol. The summed E-state index contributed by atoms with van der Waals surface area (Å²) in [6.07, 6.45) is 1.59. The highest BCUT2D eigenvalue weighted by molar-refractivity contribution is 7.09. The summed E-state index contributed by atoms with van der Waals surface area (Å²) in [6.45, 7) is 4.57. The maximum atomic E-state index is 14.1. The second kappa shape index (κ2) is 11.1. The van der Waals surface area contributed by atoms with Gasteiger partial charge in [-0.3, -0.25) is 19.3 Å². The third-order valence-corrected chi connectivity index (χ3v) is 7.07. The van der Waals surface area contributed by atoms with Crippen molar-refractivity contribution in [2.45, 2.75) is 38.8 Å². The van der Waals surface area contributed by atoms with Crippen LogP contribution >= 0.6 is 11.5 Å². The Labute approximate surface area is 217 Å². The van der Waals surface area contributed by atoms with Crippen LogP contribution in [0.3, 0.4) is 0 Å². The third kappa shape index (κ3) is 5.62. The molecular weight excluding hydrogens is 497 g/mol. The van der Waals surface area contributed by atoms with Crippen molar-refractivity contribution >= 4 is 40.6 Å². The zero-order chi connectivity index (χ0) is 26.7. The first kappa shape index (κ1) is 26.2. The molecule has 1 saturated heterocycles. The second-order valence-corrected chi connectivity index (χ2v) is 9.71. The van der Waals surface area contributed by atoms with E-state index in [0.29, 0.717) is 17.9 Å². The molecule has 2 aromatic carbocycles. The van der Waals surface area contributed by atoms with Crippen molar-refractivity contribution in [3.8, 4) is 0 Å². The molecule has 5 N–H and O–H groups in total. The van der Waals surface area contributed by atoms with Gasteiger partial charge in [0, 0.05) is 18.8 Å². The van der Waals surface area contributed by atoms with Crippen LogP contribution in [0.25, 0.3) is 0 Å². The molecule has 0 aliphatic carbocycles. The van der Waals surface area contributed by atoms with Crippen LogP contribution in [-0.2, 0) is 9.53 Å². The summed E-state index contributed by atoms with van der Waals surface area (Å²) in [6, 6.07) is 9.70. The maximum Gasteiger partial charge on any atom is 0.273 e. The number of amides is 3. The van der Waals surface area contributed by atoms with Crippen LogP contribution in [0.1, 0.15) is 55.7 Å². The summed E-state index contributed by atoms with van der Waals surface area (Å²) in [5.74, 6) is -2.47. The molecule has 0 unspecified atom stereocenters. The lowest BCUT2D eigenvalue weighted by atomic mass is 10.00. The molecule has 194 valence electrons. The fourth-order valence-corrected chi connectivity index (χ4v) is 5.00. The predicted molar refractivity (Wildman–Crippen MR) is 139 cm³/mol. The Hall–Kier alpha value is -3.83. The number of carbonyl (C=O) groups is 3. The van der Waals surface area contributed by atoms with E-state index < -0.39 is 29.6 Å². The number of carbonyl (C=O) groups excluding carboxylic acids is 3. The van der Waals surface area contributed by atoms with Gasteiger partial charge in [-0.15, -0.1) is 0 Å². The lowest BCUT2D eigenvalue weighted by Gasteiger charge is -2.33. The number of aryl methyl sites for hydroxylation is 2. The topological polar surface area (TPSA) is 141 Å². The summed E-state index contributed by atoms with van der Waals surface area (Å²) in [5, 5.41) is 2.90. The molecule has 3 aromatic rings. The van der Waals surface area contributed by atoms with Gasteiger partial charge in [-0.2, -0.15) is 4.37 Å². The Kier molecular flexibility index (Phi) is 7.84. The van der Waals surface area contributed by atoms with E-state index in [9.17, 15) is 18.8 Å². The normalized spacial score (nSPS) is 15.8. The molecule has 1 fully saturated rings. The van der Waals surface area contributed by atoms with Gasteiger partial charge in [0.1, 0.15) is 16.7 Å². The number of ether oxygens (including phenoxy) is 1. The standard InChI is InChI=1S/C26H28FN5O4S/c1-14-5-6-15(2)19(12-14)32(26(35)23-20(28)21(24(29)33)31-37-23)22(16-7-9-17(27)10-8-16)25(34)30-13-18-4-3-11-36-18/h5-10,12,18,22H,3-4,11,13,28H2,1-2H3,(H2,29,33)(H,30,34)/t18-,22+/m0/s1. The number of aromatic nitrogens is 1. The van der Waals surface area contributed by atoms with Gasteiger partial charge < -0.3 is 21.5 Å². The van der Waals surface area contributed by atoms with E-state index in [2.05, 4.69) is 9.69 Å². The summed E-state index contributed by atoms with van der Waals surface area (Å²) < 4.78 is 23.4. The van der Waals surface area contributed by atoms with Gasteiger partial charge in [0.15, 0.2) is 5.69 Å². The highest BCUT2D eigenvalue weighted by atomic mass is 32.1. The molecule has 1 aromatic heterocycles. The smallest absolute Gasteiger partial charge is 0.273 e. The molecule has 9 nitrogen and oxygen atoms in total. The summed E-state index contributed by atoms with van der Waals surface area (Å²) in [4.78, 5) is 40.9. The van der Waals surface area contributed by atoms with Gasteiger partial charge >= 0.3 is 0 Å². The number of nitrogens with two attached hydrogens (primary N) is 2. The van der Waals surface area contributed by atoms with E-state index in [4.69, 9.17) is 16.2 Å². The number of rotatable bonds is 8. The van der Waals surface area contributed by atoms with E-state index >= 15 is 0 Å². The summed E-state index contributed by atoms with van der Waals surface area (Å²) >= 11 is 0.727. The van der Waals surface area contributed by atoms with Gasteiger partial charge in [-0.05, 0) is 73.1 Å². The zero-order valence-corrected chi connectivity index (χ0v) is 21.3. The van der Waals surface area contributed by atoms with Crippen LogP contribution in [0, 0.1) is 19.7 Å². The van der Waals surface area contributed by atoms with Crippen molar-refractivity contribution in [2.75, 3.05) is 23.8 Å². The van der Waals surface area contributed by atoms with Crippen molar-refractivity contribution in [1.29, 1.82) is 0 Å². The predicted octanol–water partition coefficient (Wildman–Crippen LogP) is 3.26. The maximum absolute atomic E-state index is 14.1. The lowest BCUT2D eigenvalue weighted by Crippen LogP contribution is -2.46. The van der Waals surface area contributed by atoms with E-state index in [-0.39, 0.29) is 28.9 Å². The Morgan fingerprint density at radius 3 is 2.57 bits per heavy atom. The molecule has 4 rings (SSSR count). The Morgan fingerprint density at radius 2 is 1.95 bits per heavy atom. The number of nitrogens with zero attached hydrogens (tertiary/aromatic N) is 2. The minimum absolute atomic E-state index is 0.0336. The van der Waals surface area contributed by atoms with Crippen LogP contribution < -0.4 is 21.7 Å². The molecule has 1 aliphatic heterocycles. The van der Waals surface area contributed by atoms with E-state index in [1.165, 1.54) is 29.2 Å². The number of anilines is 2. The highest BCUT2D eigenvalue weighted by Gasteiger charge is 2.37. The number of benzene rings is 2. The zero-order valence-electron chi connectivity index (χ0n) is 20.5. The number of halogens is 1. The van der Waals surface area contributed by atoms with Gasteiger partial charge in [0.05, 0.1) is 11.8 Å². The first-order chi connectivity index (χ1) is 17.7. The minimum atomic E-state index is -1.19. The molecule has 0 radical (unpaired) electrons. The van der Waals surface area contributed by atoms with Crippen molar-refractivity contribution < 1.29 is 23.5 Å². The van der Waals surface area contributed by atoms with Gasteiger partial charge in [-0.1, -0.05) is 24.3 Å². The number of hydrogen-bond donors (Lipinski definition) is 3. The van der Waals surface area contributed by atoms with Crippen molar-refractivity contribution in [3.63, 3.8) is 0 Å². The molecule has 1 aliphatic rings. The third-order valence-electron chi connectivity index (χ3n) is 6.22. The van der Waals surface area contributed by atoms with E-state index in [1.54, 1.807) is 6.07 Å². The van der Waals surface area contributed by atoms with Crippen LogP contribution in [0.15, 0.2) is 42.5 Å². The Bertz CT molecular complexity index is 1320. The number of hydrogen-bond acceptors (Lipinski definition) is 7. The number of nitrogen functional groups attached to an aromatic ring is 1. The largest absolute Gasteiger partial charge is 0.395 e. The molecule has 0 spiro atoms.